The highest BCUT2D eigenvalue weighted by Crippen LogP contribution is 2.20. The summed E-state index contributed by atoms with van der Waals surface area (Å²) in [5, 5.41) is 0. The Bertz CT molecular complexity index is 137. The van der Waals surface area contributed by atoms with Crippen molar-refractivity contribution in [1.82, 2.24) is 0 Å². The third-order valence-electron chi connectivity index (χ3n) is 1.34. The predicted octanol–water partition coefficient (Wildman–Crippen LogP) is 1.60. The Hall–Kier alpha value is -0.700. The first kappa shape index (κ1) is 7.41. The van der Waals surface area contributed by atoms with Crippen LogP contribution in [0.1, 0.15) is 20.8 Å². The van der Waals surface area contributed by atoms with E-state index in [0.717, 1.165) is 11.5 Å². The number of allylic oxidation sites excluding steroid dienone is 2. The molecule has 0 aromatic heterocycles. The van der Waals surface area contributed by atoms with Crippen LogP contribution in [-0.4, -0.2) is 13.1 Å². The lowest BCUT2D eigenvalue weighted by Gasteiger charge is -2.09. The smallest absolute Gasteiger partial charge is 0.360 e. The third kappa shape index (κ3) is 1.42. The summed E-state index contributed by atoms with van der Waals surface area (Å²) in [4.78, 5) is 0. The zero-order chi connectivity index (χ0) is 7.56. The van der Waals surface area contributed by atoms with Gasteiger partial charge in [0.05, 0.1) is 6.61 Å². The van der Waals surface area contributed by atoms with Crippen molar-refractivity contribution >= 4 is 0 Å². The standard InChI is InChI=1S/C7H12O3/c1-4-8-7-9-5(2)6(3)10-7/h7H,4H2,1-3H3. The van der Waals surface area contributed by atoms with E-state index in [-0.39, 0.29) is 0 Å². The highest BCUT2D eigenvalue weighted by molar-refractivity contribution is 4.98. The molecule has 3 nitrogen and oxygen atoms in total. The number of hydrogen-bond acceptors (Lipinski definition) is 3. The largest absolute Gasteiger partial charge is 0.433 e. The van der Waals surface area contributed by atoms with Gasteiger partial charge in [-0.25, -0.2) is 0 Å². The molecule has 58 valence electrons. The minimum Gasteiger partial charge on any atom is -0.433 e. The van der Waals surface area contributed by atoms with Crippen molar-refractivity contribution in [3.63, 3.8) is 0 Å². The summed E-state index contributed by atoms with van der Waals surface area (Å²) >= 11 is 0. The normalized spacial score (nSPS) is 19.1. The average molecular weight is 144 g/mol. The van der Waals surface area contributed by atoms with Gasteiger partial charge in [-0.15, -0.1) is 0 Å². The first-order chi connectivity index (χ1) is 4.74. The van der Waals surface area contributed by atoms with Crippen LogP contribution in [0.3, 0.4) is 0 Å². The van der Waals surface area contributed by atoms with Crippen LogP contribution >= 0.6 is 0 Å². The van der Waals surface area contributed by atoms with E-state index < -0.39 is 6.48 Å². The average Bonchev–Trinajstić information content (AvgIpc) is 2.14. The molecule has 0 spiro atoms. The molecule has 1 aliphatic rings. The van der Waals surface area contributed by atoms with Crippen molar-refractivity contribution in [2.24, 2.45) is 0 Å². The van der Waals surface area contributed by atoms with E-state index >= 15 is 0 Å². The Kier molecular flexibility index (Phi) is 2.17. The number of ether oxygens (including phenoxy) is 3. The molecule has 0 radical (unpaired) electrons. The summed E-state index contributed by atoms with van der Waals surface area (Å²) in [5.74, 6) is 1.61. The third-order valence-corrected chi connectivity index (χ3v) is 1.34. The van der Waals surface area contributed by atoms with Gasteiger partial charge in [0.1, 0.15) is 11.5 Å². The Morgan fingerprint density at radius 3 is 2.20 bits per heavy atom. The fraction of sp³-hybridized carbons (Fsp3) is 0.714. The van der Waals surface area contributed by atoms with Crippen molar-refractivity contribution in [2.75, 3.05) is 6.61 Å². The molecule has 0 aromatic rings. The molecule has 1 aliphatic heterocycles. The molecule has 0 amide bonds. The topological polar surface area (TPSA) is 27.7 Å². The van der Waals surface area contributed by atoms with Gasteiger partial charge < -0.3 is 14.2 Å². The van der Waals surface area contributed by atoms with Crippen molar-refractivity contribution in [1.29, 1.82) is 0 Å². The number of rotatable bonds is 2. The maximum absolute atomic E-state index is 5.15. The van der Waals surface area contributed by atoms with Gasteiger partial charge in [-0.2, -0.15) is 0 Å². The fourth-order valence-corrected chi connectivity index (χ4v) is 0.683. The molecule has 1 heterocycles. The predicted molar refractivity (Wildman–Crippen MR) is 36.0 cm³/mol. The minimum atomic E-state index is -0.509. The first-order valence-corrected chi connectivity index (χ1v) is 3.36. The molecule has 0 fully saturated rings. The van der Waals surface area contributed by atoms with Crippen molar-refractivity contribution in [3.8, 4) is 0 Å². The van der Waals surface area contributed by atoms with Crippen LogP contribution in [0.2, 0.25) is 0 Å². The van der Waals surface area contributed by atoms with Crippen LogP contribution in [0, 0.1) is 0 Å². The Morgan fingerprint density at radius 1 is 1.30 bits per heavy atom. The van der Waals surface area contributed by atoms with Gasteiger partial charge in [-0.05, 0) is 20.8 Å². The molecule has 0 unspecified atom stereocenters. The van der Waals surface area contributed by atoms with Gasteiger partial charge in [0.25, 0.3) is 0 Å². The minimum absolute atomic E-state index is 0.509. The summed E-state index contributed by atoms with van der Waals surface area (Å²) in [6, 6.07) is 0. The molecule has 0 bridgehead atoms. The Labute approximate surface area is 60.6 Å². The van der Waals surface area contributed by atoms with E-state index in [9.17, 15) is 0 Å². The molecule has 3 heteroatoms. The number of hydrogen-bond donors (Lipinski definition) is 0. The summed E-state index contributed by atoms with van der Waals surface area (Å²) in [5.41, 5.74) is 0. The fourth-order valence-electron chi connectivity index (χ4n) is 0.683. The summed E-state index contributed by atoms with van der Waals surface area (Å²) < 4.78 is 15.4. The van der Waals surface area contributed by atoms with E-state index in [4.69, 9.17) is 14.2 Å². The maximum Gasteiger partial charge on any atom is 0.360 e. The Morgan fingerprint density at radius 2 is 1.80 bits per heavy atom. The van der Waals surface area contributed by atoms with Gasteiger partial charge >= 0.3 is 6.48 Å². The molecule has 0 N–H and O–H groups in total. The van der Waals surface area contributed by atoms with E-state index in [2.05, 4.69) is 0 Å². The quantitative estimate of drug-likeness (QED) is 0.589. The second-order valence-electron chi connectivity index (χ2n) is 2.09. The van der Waals surface area contributed by atoms with Crippen LogP contribution in [-0.2, 0) is 14.2 Å². The van der Waals surface area contributed by atoms with Crippen LogP contribution in [0.25, 0.3) is 0 Å². The van der Waals surface area contributed by atoms with Crippen LogP contribution < -0.4 is 0 Å². The molecule has 0 aliphatic carbocycles. The molecule has 1 rings (SSSR count). The summed E-state index contributed by atoms with van der Waals surface area (Å²) in [7, 11) is 0. The highest BCUT2D eigenvalue weighted by atomic mass is 16.9. The van der Waals surface area contributed by atoms with Crippen LogP contribution in [0.5, 0.6) is 0 Å². The van der Waals surface area contributed by atoms with Gasteiger partial charge in [-0.3, -0.25) is 0 Å². The van der Waals surface area contributed by atoms with Gasteiger partial charge in [0.15, 0.2) is 0 Å². The lowest BCUT2D eigenvalue weighted by Crippen LogP contribution is -2.13. The van der Waals surface area contributed by atoms with Gasteiger partial charge in [0, 0.05) is 0 Å². The molecule has 0 aromatic carbocycles. The summed E-state index contributed by atoms with van der Waals surface area (Å²) in [6.07, 6.45) is 0. The van der Waals surface area contributed by atoms with Crippen molar-refractivity contribution in [2.45, 2.75) is 27.2 Å². The second-order valence-corrected chi connectivity index (χ2v) is 2.09. The summed E-state index contributed by atoms with van der Waals surface area (Å²) in [6.45, 7) is 5.70. The molecular weight excluding hydrogens is 132 g/mol. The molecule has 0 atom stereocenters. The maximum atomic E-state index is 5.15. The monoisotopic (exact) mass is 144 g/mol. The SMILES string of the molecule is CCOC1OC(C)=C(C)O1. The zero-order valence-electron chi connectivity index (χ0n) is 6.51. The van der Waals surface area contributed by atoms with Crippen LogP contribution in [0.15, 0.2) is 11.5 Å². The van der Waals surface area contributed by atoms with Crippen molar-refractivity contribution < 1.29 is 14.2 Å². The van der Waals surface area contributed by atoms with E-state index in [1.54, 1.807) is 0 Å². The first-order valence-electron chi connectivity index (χ1n) is 3.36. The lowest BCUT2D eigenvalue weighted by molar-refractivity contribution is -0.224. The van der Waals surface area contributed by atoms with Gasteiger partial charge in [-0.1, -0.05) is 0 Å². The molecule has 0 saturated heterocycles. The van der Waals surface area contributed by atoms with Crippen molar-refractivity contribution in [3.05, 3.63) is 11.5 Å². The molecule has 10 heavy (non-hydrogen) atoms. The lowest BCUT2D eigenvalue weighted by atomic mass is 10.5. The van der Waals surface area contributed by atoms with E-state index in [0.29, 0.717) is 6.61 Å². The second kappa shape index (κ2) is 2.92. The molecular formula is C7H12O3. The Balaban J connectivity index is 2.36. The van der Waals surface area contributed by atoms with Crippen LogP contribution in [0.4, 0.5) is 0 Å². The van der Waals surface area contributed by atoms with E-state index in [1.165, 1.54) is 0 Å². The van der Waals surface area contributed by atoms with Gasteiger partial charge in [0.2, 0.25) is 0 Å². The molecule has 0 saturated carbocycles. The zero-order valence-corrected chi connectivity index (χ0v) is 6.51. The highest BCUT2D eigenvalue weighted by Gasteiger charge is 2.20. The van der Waals surface area contributed by atoms with E-state index in [1.807, 2.05) is 20.8 Å².